The van der Waals surface area contributed by atoms with Gasteiger partial charge in [0.2, 0.25) is 11.8 Å². The van der Waals surface area contributed by atoms with E-state index in [0.29, 0.717) is 29.8 Å². The lowest BCUT2D eigenvalue weighted by molar-refractivity contribution is -0.122. The number of carbonyl (C=O) groups excluding carboxylic acids is 2. The normalized spacial score (nSPS) is 23.6. The van der Waals surface area contributed by atoms with Gasteiger partial charge in [-0.05, 0) is 44.6 Å². The van der Waals surface area contributed by atoms with Crippen molar-refractivity contribution < 1.29 is 9.59 Å². The highest BCUT2D eigenvalue weighted by Crippen LogP contribution is 2.41. The predicted molar refractivity (Wildman–Crippen MR) is 91.8 cm³/mol. The summed E-state index contributed by atoms with van der Waals surface area (Å²) >= 11 is 0. The van der Waals surface area contributed by atoms with Gasteiger partial charge < -0.3 is 11.1 Å². The van der Waals surface area contributed by atoms with Crippen molar-refractivity contribution in [3.8, 4) is 0 Å². The van der Waals surface area contributed by atoms with Gasteiger partial charge >= 0.3 is 5.69 Å². The van der Waals surface area contributed by atoms with Crippen molar-refractivity contribution in [3.05, 3.63) is 27.9 Å². The summed E-state index contributed by atoms with van der Waals surface area (Å²) in [5, 5.41) is 3.05. The molecule has 2 atom stereocenters. The minimum Gasteiger partial charge on any atom is -0.369 e. The Labute approximate surface area is 146 Å². The molecule has 2 heterocycles. The third-order valence-corrected chi connectivity index (χ3v) is 5.04. The smallest absolute Gasteiger partial charge is 0.348 e. The van der Waals surface area contributed by atoms with Crippen molar-refractivity contribution in [1.82, 2.24) is 19.8 Å². The Balaban J connectivity index is 1.65. The molecule has 0 unspecified atom stereocenters. The summed E-state index contributed by atoms with van der Waals surface area (Å²) in [5.41, 5.74) is 6.24. The highest BCUT2D eigenvalue weighted by Gasteiger charge is 2.43. The van der Waals surface area contributed by atoms with Crippen LogP contribution in [0.4, 0.5) is 0 Å². The number of likely N-dealkylation sites (tertiary alicyclic amines) is 1. The average molecular weight is 347 g/mol. The van der Waals surface area contributed by atoms with Gasteiger partial charge in [0.1, 0.15) is 6.54 Å². The van der Waals surface area contributed by atoms with Crippen molar-refractivity contribution in [3.63, 3.8) is 0 Å². The van der Waals surface area contributed by atoms with Gasteiger partial charge in [0.05, 0.1) is 6.54 Å². The third kappa shape index (κ3) is 4.25. The summed E-state index contributed by atoms with van der Waals surface area (Å²) in [6.07, 6.45) is 2.34. The van der Waals surface area contributed by atoms with Gasteiger partial charge in [0.25, 0.3) is 0 Å². The van der Waals surface area contributed by atoms with E-state index in [2.05, 4.69) is 10.3 Å². The second kappa shape index (κ2) is 6.95. The Hall–Kier alpha value is -2.22. The van der Waals surface area contributed by atoms with Crippen LogP contribution in [-0.2, 0) is 16.1 Å². The number of hydrogen-bond donors (Lipinski definition) is 2. The van der Waals surface area contributed by atoms with Crippen LogP contribution < -0.4 is 16.7 Å². The molecule has 0 spiro atoms. The molecule has 1 aliphatic heterocycles. The van der Waals surface area contributed by atoms with Crippen LogP contribution in [0.1, 0.15) is 24.2 Å². The molecule has 1 saturated carbocycles. The van der Waals surface area contributed by atoms with E-state index < -0.39 is 5.69 Å². The van der Waals surface area contributed by atoms with E-state index in [9.17, 15) is 14.4 Å². The SMILES string of the molecule is Cc1cc(C)n(CC(=O)N[C@H]2CN(CC(N)=O)C[C@@H]2C2CC2)c(=O)n1. The highest BCUT2D eigenvalue weighted by atomic mass is 16.2. The molecule has 1 aliphatic carbocycles. The Kier molecular flexibility index (Phi) is 4.89. The van der Waals surface area contributed by atoms with Crippen molar-refractivity contribution in [1.29, 1.82) is 0 Å². The molecule has 1 aromatic rings. The number of aromatic nitrogens is 2. The van der Waals surface area contributed by atoms with Crippen LogP contribution in [0.25, 0.3) is 0 Å². The summed E-state index contributed by atoms with van der Waals surface area (Å²) in [7, 11) is 0. The highest BCUT2D eigenvalue weighted by molar-refractivity contribution is 5.77. The van der Waals surface area contributed by atoms with Gasteiger partial charge in [-0.1, -0.05) is 0 Å². The molecule has 0 aromatic carbocycles. The van der Waals surface area contributed by atoms with Gasteiger partial charge in [-0.15, -0.1) is 0 Å². The summed E-state index contributed by atoms with van der Waals surface area (Å²) in [5.74, 6) is 0.396. The van der Waals surface area contributed by atoms with E-state index in [0.717, 1.165) is 6.54 Å². The van der Waals surface area contributed by atoms with E-state index in [4.69, 9.17) is 5.73 Å². The number of hydrogen-bond acceptors (Lipinski definition) is 5. The number of amides is 2. The van der Waals surface area contributed by atoms with Crippen LogP contribution in [-0.4, -0.2) is 51.9 Å². The minimum atomic E-state index is -0.409. The number of aryl methyl sites for hydroxylation is 2. The summed E-state index contributed by atoms with van der Waals surface area (Å²) in [4.78, 5) is 41.5. The van der Waals surface area contributed by atoms with E-state index in [-0.39, 0.29) is 30.9 Å². The average Bonchev–Trinajstić information content (AvgIpc) is 3.26. The molecule has 8 nitrogen and oxygen atoms in total. The van der Waals surface area contributed by atoms with Crippen molar-refractivity contribution in [2.75, 3.05) is 19.6 Å². The first kappa shape index (κ1) is 17.6. The molecule has 1 saturated heterocycles. The summed E-state index contributed by atoms with van der Waals surface area (Å²) < 4.78 is 1.38. The number of rotatable bonds is 6. The van der Waals surface area contributed by atoms with E-state index in [1.807, 2.05) is 4.90 Å². The van der Waals surface area contributed by atoms with Gasteiger partial charge in [0, 0.05) is 30.5 Å². The predicted octanol–water partition coefficient (Wildman–Crippen LogP) is -0.828. The number of nitrogens with one attached hydrogen (secondary N) is 1. The molecule has 2 amide bonds. The van der Waals surface area contributed by atoms with Crippen molar-refractivity contribution in [2.24, 2.45) is 17.6 Å². The largest absolute Gasteiger partial charge is 0.369 e. The minimum absolute atomic E-state index is 0.00577. The van der Waals surface area contributed by atoms with Gasteiger partial charge in [-0.25, -0.2) is 4.79 Å². The maximum Gasteiger partial charge on any atom is 0.348 e. The van der Waals surface area contributed by atoms with Gasteiger partial charge in [-0.2, -0.15) is 4.98 Å². The van der Waals surface area contributed by atoms with Crippen molar-refractivity contribution >= 4 is 11.8 Å². The van der Waals surface area contributed by atoms with Crippen LogP contribution in [0, 0.1) is 25.7 Å². The Morgan fingerprint density at radius 2 is 2.00 bits per heavy atom. The Morgan fingerprint density at radius 1 is 1.28 bits per heavy atom. The van der Waals surface area contributed by atoms with E-state index >= 15 is 0 Å². The Morgan fingerprint density at radius 3 is 2.60 bits per heavy atom. The first-order valence-electron chi connectivity index (χ1n) is 8.68. The quantitative estimate of drug-likeness (QED) is 0.698. The maximum atomic E-state index is 12.5. The topological polar surface area (TPSA) is 110 Å². The van der Waals surface area contributed by atoms with Crippen LogP contribution >= 0.6 is 0 Å². The van der Waals surface area contributed by atoms with Gasteiger partial charge in [0.15, 0.2) is 0 Å². The second-order valence-electron chi connectivity index (χ2n) is 7.24. The molecule has 0 bridgehead atoms. The van der Waals surface area contributed by atoms with Gasteiger partial charge in [-0.3, -0.25) is 19.1 Å². The molecular weight excluding hydrogens is 322 g/mol. The Bertz CT molecular complexity index is 740. The maximum absolute atomic E-state index is 12.5. The molecule has 1 aromatic heterocycles. The fourth-order valence-corrected chi connectivity index (χ4v) is 3.78. The molecule has 2 aliphatic rings. The lowest BCUT2D eigenvalue weighted by Gasteiger charge is -2.20. The van der Waals surface area contributed by atoms with Crippen molar-refractivity contribution in [2.45, 2.75) is 39.3 Å². The fraction of sp³-hybridized carbons (Fsp3) is 0.647. The standard InChI is InChI=1S/C17H25N5O3/c1-10-5-11(2)22(17(25)19-10)9-16(24)20-14-7-21(8-15(18)23)6-13(14)12-3-4-12/h5,12-14H,3-4,6-9H2,1-2H3,(H2,18,23)(H,20,24)/t13-,14+/m1/s1. The first-order valence-corrected chi connectivity index (χ1v) is 8.68. The molecular formula is C17H25N5O3. The monoisotopic (exact) mass is 347 g/mol. The molecule has 3 N–H and O–H groups in total. The number of primary amides is 1. The molecule has 136 valence electrons. The summed E-state index contributed by atoms with van der Waals surface area (Å²) in [6.45, 7) is 5.13. The molecule has 3 rings (SSSR count). The number of carbonyl (C=O) groups is 2. The van der Waals surface area contributed by atoms with E-state index in [1.54, 1.807) is 19.9 Å². The fourth-order valence-electron chi connectivity index (χ4n) is 3.78. The molecule has 8 heteroatoms. The number of nitrogens with two attached hydrogens (primary N) is 1. The van der Waals surface area contributed by atoms with Crippen LogP contribution in [0.3, 0.4) is 0 Å². The lowest BCUT2D eigenvalue weighted by Crippen LogP contribution is -2.44. The summed E-state index contributed by atoms with van der Waals surface area (Å²) in [6, 6.07) is 1.78. The zero-order chi connectivity index (χ0) is 18.1. The second-order valence-corrected chi connectivity index (χ2v) is 7.24. The van der Waals surface area contributed by atoms with Crippen LogP contribution in [0.5, 0.6) is 0 Å². The zero-order valence-electron chi connectivity index (χ0n) is 14.7. The first-order chi connectivity index (χ1) is 11.8. The molecule has 25 heavy (non-hydrogen) atoms. The zero-order valence-corrected chi connectivity index (χ0v) is 14.7. The third-order valence-electron chi connectivity index (χ3n) is 5.04. The molecule has 2 fully saturated rings. The van der Waals surface area contributed by atoms with Crippen LogP contribution in [0.2, 0.25) is 0 Å². The van der Waals surface area contributed by atoms with E-state index in [1.165, 1.54) is 17.4 Å². The van der Waals surface area contributed by atoms with Crippen LogP contribution in [0.15, 0.2) is 10.9 Å². The lowest BCUT2D eigenvalue weighted by atomic mass is 9.98. The number of nitrogens with zero attached hydrogens (tertiary/aromatic N) is 3. The molecule has 0 radical (unpaired) electrons.